The van der Waals surface area contributed by atoms with Crippen LogP contribution in [-0.2, 0) is 14.5 Å². The van der Waals surface area contributed by atoms with Gasteiger partial charge < -0.3 is 0 Å². The molecule has 0 spiro atoms. The largest absolute Gasteiger partial charge is 0.364 e. The molecule has 0 saturated carbocycles. The van der Waals surface area contributed by atoms with E-state index in [1.807, 2.05) is 0 Å². The van der Waals surface area contributed by atoms with Crippen molar-refractivity contribution in [3.8, 4) is 0 Å². The lowest BCUT2D eigenvalue weighted by atomic mass is 10.4. The fraction of sp³-hybridized carbons (Fsp3) is 0.375. The Morgan fingerprint density at radius 1 is 1.57 bits per heavy atom. The average Bonchev–Trinajstić information content (AvgIpc) is 2.41. The molecule has 1 aromatic rings. The first-order valence-electron chi connectivity index (χ1n) is 4.21. The van der Waals surface area contributed by atoms with Gasteiger partial charge in [0.1, 0.15) is 5.82 Å². The second kappa shape index (κ2) is 3.21. The summed E-state index contributed by atoms with van der Waals surface area (Å²) in [7, 11) is -3.62. The summed E-state index contributed by atoms with van der Waals surface area (Å²) in [5, 5.41) is 0. The number of aromatic nitrogens is 1. The lowest BCUT2D eigenvalue weighted by Gasteiger charge is -2.12. The summed E-state index contributed by atoms with van der Waals surface area (Å²) in [6.07, 6.45) is 1.23. The molecular formula is C8H10N2O3S. The van der Waals surface area contributed by atoms with Crippen LogP contribution >= 0.6 is 0 Å². The molecule has 0 bridgehead atoms. The Hall–Kier alpha value is -1.14. The van der Waals surface area contributed by atoms with Crippen LogP contribution in [0.2, 0.25) is 0 Å². The maximum Gasteiger partial charge on any atom is 0.364 e. The van der Waals surface area contributed by atoms with Crippen molar-refractivity contribution in [2.45, 2.75) is 13.0 Å². The molecular weight excluding hydrogens is 204 g/mol. The Morgan fingerprint density at radius 3 is 2.86 bits per heavy atom. The average molecular weight is 214 g/mol. The second-order valence-electron chi connectivity index (χ2n) is 3.08. The molecule has 0 aromatic carbocycles. The van der Waals surface area contributed by atoms with Gasteiger partial charge in [-0.3, -0.25) is 0 Å². The zero-order valence-electron chi connectivity index (χ0n) is 7.62. The van der Waals surface area contributed by atoms with Crippen LogP contribution in [0.1, 0.15) is 6.92 Å². The van der Waals surface area contributed by atoms with Gasteiger partial charge in [0.25, 0.3) is 0 Å². The molecule has 1 aromatic heterocycles. The molecule has 2 heterocycles. The molecule has 0 radical (unpaired) electrons. The first-order chi connectivity index (χ1) is 6.59. The van der Waals surface area contributed by atoms with E-state index in [2.05, 4.69) is 4.98 Å². The molecule has 0 unspecified atom stereocenters. The number of pyridine rings is 1. The van der Waals surface area contributed by atoms with Crippen molar-refractivity contribution >= 4 is 16.1 Å². The van der Waals surface area contributed by atoms with E-state index in [-0.39, 0.29) is 6.10 Å². The number of hydrogen-bond donors (Lipinski definition) is 0. The first kappa shape index (κ1) is 9.42. The van der Waals surface area contributed by atoms with Gasteiger partial charge >= 0.3 is 10.3 Å². The minimum atomic E-state index is -3.62. The summed E-state index contributed by atoms with van der Waals surface area (Å²) in [6.45, 7) is 2.03. The van der Waals surface area contributed by atoms with E-state index in [0.717, 1.165) is 4.31 Å². The third kappa shape index (κ3) is 1.58. The smallest absolute Gasteiger partial charge is 0.249 e. The van der Waals surface area contributed by atoms with Gasteiger partial charge in [-0.1, -0.05) is 6.07 Å². The van der Waals surface area contributed by atoms with Crippen LogP contribution in [0, 0.1) is 0 Å². The van der Waals surface area contributed by atoms with Crippen LogP contribution in [-0.4, -0.2) is 26.1 Å². The molecule has 2 rings (SSSR count). The van der Waals surface area contributed by atoms with Gasteiger partial charge in [0.05, 0.1) is 12.6 Å². The maximum absolute atomic E-state index is 11.4. The van der Waals surface area contributed by atoms with Crippen LogP contribution in [0.15, 0.2) is 24.4 Å². The molecule has 6 heteroatoms. The molecule has 76 valence electrons. The normalized spacial score (nSPS) is 25.2. The van der Waals surface area contributed by atoms with Crippen LogP contribution in [0.4, 0.5) is 5.82 Å². The highest BCUT2D eigenvalue weighted by atomic mass is 32.2. The van der Waals surface area contributed by atoms with E-state index < -0.39 is 10.3 Å². The quantitative estimate of drug-likeness (QED) is 0.685. The third-order valence-electron chi connectivity index (χ3n) is 1.88. The molecule has 1 fully saturated rings. The second-order valence-corrected chi connectivity index (χ2v) is 4.57. The predicted octanol–water partition coefficient (Wildman–Crippen LogP) is 0.551. The topological polar surface area (TPSA) is 59.5 Å². The molecule has 14 heavy (non-hydrogen) atoms. The van der Waals surface area contributed by atoms with Crippen molar-refractivity contribution in [2.24, 2.45) is 0 Å². The Kier molecular flexibility index (Phi) is 2.16. The first-order valence-corrected chi connectivity index (χ1v) is 5.58. The highest BCUT2D eigenvalue weighted by Gasteiger charge is 2.35. The standard InChI is InChI=1S/C8H10N2O3S/c1-7-6-10(14(11,12)13-7)8-4-2-3-5-9-8/h2-5,7H,6H2,1H3/t7-/m0/s1. The van der Waals surface area contributed by atoms with Crippen molar-refractivity contribution in [3.05, 3.63) is 24.4 Å². The summed E-state index contributed by atoms with van der Waals surface area (Å²) < 4.78 is 28.8. The summed E-state index contributed by atoms with van der Waals surface area (Å²) in [5.74, 6) is 0.400. The molecule has 0 aliphatic carbocycles. The third-order valence-corrected chi connectivity index (χ3v) is 3.33. The highest BCUT2D eigenvalue weighted by molar-refractivity contribution is 7.88. The summed E-state index contributed by atoms with van der Waals surface area (Å²) >= 11 is 0. The van der Waals surface area contributed by atoms with Gasteiger partial charge in [-0.15, -0.1) is 0 Å². The monoisotopic (exact) mass is 214 g/mol. The van der Waals surface area contributed by atoms with Crippen LogP contribution in [0.5, 0.6) is 0 Å². The van der Waals surface area contributed by atoms with Crippen molar-refractivity contribution in [1.29, 1.82) is 0 Å². The lowest BCUT2D eigenvalue weighted by molar-refractivity contribution is 0.270. The lowest BCUT2D eigenvalue weighted by Crippen LogP contribution is -2.25. The fourth-order valence-electron chi connectivity index (χ4n) is 1.32. The molecule has 1 saturated heterocycles. The van der Waals surface area contributed by atoms with E-state index >= 15 is 0 Å². The minimum Gasteiger partial charge on any atom is -0.249 e. The summed E-state index contributed by atoms with van der Waals surface area (Å²) in [6, 6.07) is 5.11. The van der Waals surface area contributed by atoms with Crippen molar-refractivity contribution < 1.29 is 12.6 Å². The molecule has 1 aliphatic heterocycles. The Labute approximate surface area is 82.6 Å². The molecule has 5 nitrogen and oxygen atoms in total. The summed E-state index contributed by atoms with van der Waals surface area (Å²) in [4.78, 5) is 3.96. The van der Waals surface area contributed by atoms with E-state index in [1.54, 1.807) is 31.3 Å². The van der Waals surface area contributed by atoms with Gasteiger partial charge in [0.15, 0.2) is 0 Å². The van der Waals surface area contributed by atoms with Crippen LogP contribution < -0.4 is 4.31 Å². The SMILES string of the molecule is C[C@H]1CN(c2ccccn2)S(=O)(=O)O1. The number of anilines is 1. The van der Waals surface area contributed by atoms with Gasteiger partial charge in [0, 0.05) is 6.20 Å². The number of nitrogens with zero attached hydrogens (tertiary/aromatic N) is 2. The van der Waals surface area contributed by atoms with Crippen LogP contribution in [0.3, 0.4) is 0 Å². The number of rotatable bonds is 1. The van der Waals surface area contributed by atoms with Gasteiger partial charge in [-0.25, -0.2) is 13.5 Å². The Morgan fingerprint density at radius 2 is 2.36 bits per heavy atom. The fourth-order valence-corrected chi connectivity index (χ4v) is 2.63. The Balaban J connectivity index is 2.37. The number of hydrogen-bond acceptors (Lipinski definition) is 4. The highest BCUT2D eigenvalue weighted by Crippen LogP contribution is 2.23. The van der Waals surface area contributed by atoms with Gasteiger partial charge in [-0.05, 0) is 19.1 Å². The van der Waals surface area contributed by atoms with E-state index in [1.165, 1.54) is 0 Å². The zero-order chi connectivity index (χ0) is 10.2. The molecule has 0 N–H and O–H groups in total. The summed E-state index contributed by atoms with van der Waals surface area (Å²) in [5.41, 5.74) is 0. The molecule has 1 atom stereocenters. The van der Waals surface area contributed by atoms with E-state index in [4.69, 9.17) is 4.18 Å². The minimum absolute atomic E-state index is 0.318. The van der Waals surface area contributed by atoms with Crippen molar-refractivity contribution in [1.82, 2.24) is 4.98 Å². The van der Waals surface area contributed by atoms with Gasteiger partial charge in [0.2, 0.25) is 0 Å². The molecule has 0 amide bonds. The molecule has 1 aliphatic rings. The zero-order valence-corrected chi connectivity index (χ0v) is 8.44. The van der Waals surface area contributed by atoms with Gasteiger partial charge in [-0.2, -0.15) is 8.42 Å². The Bertz CT molecular complexity index is 417. The predicted molar refractivity (Wildman–Crippen MR) is 51.0 cm³/mol. The maximum atomic E-state index is 11.4. The van der Waals surface area contributed by atoms with Crippen molar-refractivity contribution in [3.63, 3.8) is 0 Å². The van der Waals surface area contributed by atoms with Crippen LogP contribution in [0.25, 0.3) is 0 Å². The van der Waals surface area contributed by atoms with E-state index in [0.29, 0.717) is 12.4 Å². The van der Waals surface area contributed by atoms with Crippen molar-refractivity contribution in [2.75, 3.05) is 10.8 Å². The van der Waals surface area contributed by atoms with E-state index in [9.17, 15) is 8.42 Å².